The number of ether oxygens (including phenoxy) is 1. The molecule has 0 saturated carbocycles. The molecule has 1 aromatic rings. The molecule has 0 aliphatic carbocycles. The van der Waals surface area contributed by atoms with Crippen LogP contribution in [0.1, 0.15) is 62.3 Å². The Bertz CT molecular complexity index is 1440. The Morgan fingerprint density at radius 2 is 1.95 bits per heavy atom. The predicted octanol–water partition coefficient (Wildman–Crippen LogP) is 4.18. The molecule has 14 heteroatoms. The van der Waals surface area contributed by atoms with E-state index in [4.69, 9.17) is 34.0 Å². The number of hydrogen-bond donors (Lipinski definition) is 3. The highest BCUT2D eigenvalue weighted by atomic mass is 35.5. The van der Waals surface area contributed by atoms with Crippen LogP contribution in [0.2, 0.25) is 0 Å². The second kappa shape index (κ2) is 9.80. The van der Waals surface area contributed by atoms with Crippen LogP contribution >= 0.6 is 19.4 Å². The summed E-state index contributed by atoms with van der Waals surface area (Å²) in [6.07, 6.45) is -7.66. The molecule has 3 N–H and O–H groups in total. The molecule has 10 nitrogen and oxygen atoms in total. The summed E-state index contributed by atoms with van der Waals surface area (Å²) in [6.45, 7) is 9.55. The second-order valence-corrected chi connectivity index (χ2v) is 13.2. The molecule has 0 bridgehead atoms. The fraction of sp³-hybridized carbons (Fsp3) is 0.560. The number of nitrogens with one attached hydrogen (secondary N) is 1. The number of phosphoric ester groups is 1. The summed E-state index contributed by atoms with van der Waals surface area (Å²) in [7, 11) is -5.12. The van der Waals surface area contributed by atoms with Crippen LogP contribution in [0.3, 0.4) is 0 Å². The van der Waals surface area contributed by atoms with Crippen molar-refractivity contribution in [3.05, 3.63) is 52.2 Å². The second-order valence-electron chi connectivity index (χ2n) is 11.3. The van der Waals surface area contributed by atoms with Crippen LogP contribution in [0.15, 0.2) is 29.7 Å². The average molecular weight is 596 g/mol. The number of carbonyl (C=O) groups excluding carboxylic acids is 1. The monoisotopic (exact) mass is 595 g/mol. The average Bonchev–Trinajstić information content (AvgIpc) is 3.00. The number of fused-ring (bicyclic) bond motifs is 1. The molecule has 216 valence electrons. The Morgan fingerprint density at radius 3 is 2.54 bits per heavy atom. The Balaban J connectivity index is 1.71. The van der Waals surface area contributed by atoms with Gasteiger partial charge < -0.3 is 29.7 Å². The van der Waals surface area contributed by atoms with Crippen LogP contribution in [0.25, 0.3) is 0 Å². The van der Waals surface area contributed by atoms with E-state index in [2.05, 4.69) is 11.9 Å². The van der Waals surface area contributed by atoms with Crippen LogP contribution in [0.5, 0.6) is 5.75 Å². The highest BCUT2D eigenvalue weighted by Gasteiger charge is 2.59. The van der Waals surface area contributed by atoms with Crippen molar-refractivity contribution in [3.63, 3.8) is 0 Å². The summed E-state index contributed by atoms with van der Waals surface area (Å²) in [5, 5.41) is 22.8. The van der Waals surface area contributed by atoms with Crippen molar-refractivity contribution >= 4 is 25.3 Å². The highest BCUT2D eigenvalue weighted by Crippen LogP contribution is 2.58. The molecule has 1 saturated heterocycles. The van der Waals surface area contributed by atoms with Crippen LogP contribution < -0.4 is 9.84 Å². The van der Waals surface area contributed by atoms with Crippen molar-refractivity contribution in [1.82, 2.24) is 10.2 Å². The molecular formula is C25H32ClF2N2O8P. The number of hydrogen-bond acceptors (Lipinski definition) is 9. The zero-order valence-corrected chi connectivity index (χ0v) is 23.7. The van der Waals surface area contributed by atoms with Gasteiger partial charge in [-0.25, -0.2) is 13.3 Å². The minimum Gasteiger partial charge on any atom is -0.403 e. The quantitative estimate of drug-likeness (QED) is 0.439. The first-order chi connectivity index (χ1) is 18.9. The maximum absolute atomic E-state index is 16.3. The minimum atomic E-state index is -5.12. The largest absolute Gasteiger partial charge is 0.530 e. The SMILES string of the molecule is [2H]C([2H])(OP1(=O)OCc2c(F)c(C(C)(C)C)cc(C(C)(C)C)c2O1)[C@@]1(F)O[C@@]([2H])(N2C=C(Cl)C(=O)NC2=C)[C@H](O)[C@@H]1O. The van der Waals surface area contributed by atoms with Gasteiger partial charge in [0.05, 0.1) is 16.3 Å². The third-order valence-corrected chi connectivity index (χ3v) is 7.66. The molecule has 1 amide bonds. The molecule has 4 rings (SSSR count). The van der Waals surface area contributed by atoms with E-state index in [0.717, 1.165) is 6.20 Å². The van der Waals surface area contributed by atoms with Gasteiger partial charge in [-0.3, -0.25) is 13.8 Å². The van der Waals surface area contributed by atoms with Crippen LogP contribution in [-0.4, -0.2) is 51.8 Å². The van der Waals surface area contributed by atoms with Crippen molar-refractivity contribution in [2.24, 2.45) is 0 Å². The van der Waals surface area contributed by atoms with Gasteiger partial charge in [-0.05, 0) is 22.5 Å². The summed E-state index contributed by atoms with van der Waals surface area (Å²) in [4.78, 5) is 12.3. The summed E-state index contributed by atoms with van der Waals surface area (Å²) >= 11 is 5.79. The van der Waals surface area contributed by atoms with E-state index in [9.17, 15) is 19.6 Å². The molecule has 3 aliphatic heterocycles. The number of aliphatic hydroxyl groups is 2. The first-order valence-corrected chi connectivity index (χ1v) is 13.7. The Hall–Kier alpha value is -2.05. The van der Waals surface area contributed by atoms with Gasteiger partial charge in [0.2, 0.25) is 0 Å². The van der Waals surface area contributed by atoms with E-state index in [1.165, 1.54) is 6.07 Å². The molecule has 3 aliphatic rings. The lowest BCUT2D eigenvalue weighted by Crippen LogP contribution is -2.47. The van der Waals surface area contributed by atoms with Gasteiger partial charge in [0, 0.05) is 11.8 Å². The van der Waals surface area contributed by atoms with Crippen LogP contribution in [-0.2, 0) is 40.6 Å². The normalized spacial score (nSPS) is 34.9. The van der Waals surface area contributed by atoms with E-state index in [1.807, 2.05) is 0 Å². The van der Waals surface area contributed by atoms with Gasteiger partial charge >= 0.3 is 7.82 Å². The molecule has 1 aromatic carbocycles. The fourth-order valence-corrected chi connectivity index (χ4v) is 5.30. The van der Waals surface area contributed by atoms with Gasteiger partial charge in [-0.15, -0.1) is 0 Å². The molecule has 0 spiro atoms. The smallest absolute Gasteiger partial charge is 0.403 e. The molecule has 3 heterocycles. The van der Waals surface area contributed by atoms with Crippen molar-refractivity contribution in [2.45, 2.75) is 83.2 Å². The maximum Gasteiger partial charge on any atom is 0.530 e. The zero-order chi connectivity index (χ0) is 32.0. The summed E-state index contributed by atoms with van der Waals surface area (Å²) in [6, 6.07) is 1.53. The van der Waals surface area contributed by atoms with E-state index >= 15 is 8.78 Å². The molecule has 5 atom stereocenters. The molecule has 0 radical (unpaired) electrons. The van der Waals surface area contributed by atoms with Crippen LogP contribution in [0, 0.1) is 5.82 Å². The molecule has 1 unspecified atom stereocenters. The van der Waals surface area contributed by atoms with Gasteiger partial charge in [0.1, 0.15) is 41.2 Å². The van der Waals surface area contributed by atoms with E-state index in [0.29, 0.717) is 16.0 Å². The number of phosphoric acid groups is 1. The Labute approximate surface area is 234 Å². The number of nitrogens with zero attached hydrogens (tertiary/aromatic N) is 1. The van der Waals surface area contributed by atoms with Gasteiger partial charge in [-0.2, -0.15) is 0 Å². The molecule has 0 aromatic heterocycles. The third kappa shape index (κ3) is 5.48. The van der Waals surface area contributed by atoms with Crippen LogP contribution in [0.4, 0.5) is 8.78 Å². The lowest BCUT2D eigenvalue weighted by molar-refractivity contribution is -0.208. The number of aliphatic hydroxyl groups excluding tert-OH is 2. The van der Waals surface area contributed by atoms with Crippen molar-refractivity contribution < 1.29 is 50.8 Å². The number of benzene rings is 1. The summed E-state index contributed by atoms with van der Waals surface area (Å²) in [5.74, 6) is -6.29. The fourth-order valence-electron chi connectivity index (χ4n) is 4.06. The standard InChI is InChI=1S/C25H32ClF2N2O8P/c1-12-29-21(33)16(26)9-30(12)22-18(31)20(32)25(28,37-22)11-36-39(34)35-10-13-17(27)14(23(2,3)4)8-15(19(13)38-39)24(5,6)7/h8-9,18,20,22,31-32H,1,10-11H2,2-7H3,(H,29,33)/t18-,20+,22-,25-,39?/m1/s1/i11D2,22D. The molecule has 39 heavy (non-hydrogen) atoms. The number of rotatable bonds is 4. The Morgan fingerprint density at radius 1 is 1.33 bits per heavy atom. The van der Waals surface area contributed by atoms with E-state index in [1.54, 1.807) is 41.5 Å². The predicted molar refractivity (Wildman–Crippen MR) is 137 cm³/mol. The molecular weight excluding hydrogens is 561 g/mol. The minimum absolute atomic E-state index is 0.106. The zero-order valence-electron chi connectivity index (χ0n) is 25.1. The highest BCUT2D eigenvalue weighted by molar-refractivity contribution is 7.49. The van der Waals surface area contributed by atoms with Gasteiger partial charge in [0.15, 0.2) is 6.20 Å². The first-order valence-electron chi connectivity index (χ1n) is 13.3. The topological polar surface area (TPSA) is 127 Å². The van der Waals surface area contributed by atoms with E-state index in [-0.39, 0.29) is 11.3 Å². The first kappa shape index (κ1) is 25.9. The van der Waals surface area contributed by atoms with Crippen molar-refractivity contribution in [3.8, 4) is 5.75 Å². The van der Waals surface area contributed by atoms with E-state index < -0.39 is 78.7 Å². The lowest BCUT2D eigenvalue weighted by Gasteiger charge is -2.34. The number of halogens is 3. The number of amides is 1. The van der Waals surface area contributed by atoms with Gasteiger partial charge in [-0.1, -0.05) is 59.7 Å². The maximum atomic E-state index is 16.3. The van der Waals surface area contributed by atoms with Gasteiger partial charge in [0.25, 0.3) is 11.8 Å². The summed E-state index contributed by atoms with van der Waals surface area (Å²) < 4.78 is 91.0. The summed E-state index contributed by atoms with van der Waals surface area (Å²) in [5.41, 5.74) is -0.748. The van der Waals surface area contributed by atoms with Crippen molar-refractivity contribution in [1.29, 1.82) is 0 Å². The Kier molecular flexibility index (Phi) is 6.50. The number of alkyl halides is 1. The molecule has 1 fully saturated rings. The third-order valence-electron chi connectivity index (χ3n) is 6.22. The van der Waals surface area contributed by atoms with Crippen molar-refractivity contribution in [2.75, 3.05) is 6.56 Å². The lowest BCUT2D eigenvalue weighted by atomic mass is 9.78. The number of carbonyl (C=O) groups is 1.